The second-order valence-corrected chi connectivity index (χ2v) is 6.48. The summed E-state index contributed by atoms with van der Waals surface area (Å²) in [6, 6.07) is 8.04. The van der Waals surface area contributed by atoms with E-state index in [0.29, 0.717) is 17.2 Å². The summed E-state index contributed by atoms with van der Waals surface area (Å²) in [5.74, 6) is -0.334. The Hall–Kier alpha value is -2.93. The van der Waals surface area contributed by atoms with Crippen LogP contribution in [0.1, 0.15) is 6.42 Å². The normalized spacial score (nSPS) is 18.8. The third-order valence-electron chi connectivity index (χ3n) is 4.16. The molecule has 27 heavy (non-hydrogen) atoms. The molecule has 0 radical (unpaired) electrons. The minimum Gasteiger partial charge on any atom is -0.454 e. The van der Waals surface area contributed by atoms with E-state index in [1.165, 1.54) is 17.2 Å². The average molecular weight is 390 g/mol. The van der Waals surface area contributed by atoms with Gasteiger partial charge in [-0.25, -0.2) is 4.39 Å². The first-order valence-corrected chi connectivity index (χ1v) is 8.58. The number of hydrogen-bond acceptors (Lipinski definition) is 4. The van der Waals surface area contributed by atoms with Crippen molar-refractivity contribution in [1.29, 1.82) is 0 Å². The number of ether oxygens (including phenoxy) is 1. The molecule has 1 aromatic heterocycles. The van der Waals surface area contributed by atoms with Gasteiger partial charge in [0.15, 0.2) is 0 Å². The van der Waals surface area contributed by atoms with E-state index in [9.17, 15) is 14.0 Å². The monoisotopic (exact) mass is 389 g/mol. The summed E-state index contributed by atoms with van der Waals surface area (Å²) in [5, 5.41) is 2.75. The number of nitrogens with zero attached hydrogens (tertiary/aromatic N) is 2. The highest BCUT2D eigenvalue weighted by Gasteiger charge is 2.46. The number of amides is 2. The van der Waals surface area contributed by atoms with Crippen molar-refractivity contribution in [2.75, 3.05) is 18.4 Å². The highest BCUT2D eigenvalue weighted by Crippen LogP contribution is 2.33. The molecule has 3 rings (SSSR count). The van der Waals surface area contributed by atoms with Gasteiger partial charge in [0.2, 0.25) is 11.6 Å². The summed E-state index contributed by atoms with van der Waals surface area (Å²) in [6.07, 6.45) is 4.18. The number of halogens is 2. The number of benzene rings is 1. The molecule has 0 bridgehead atoms. The lowest BCUT2D eigenvalue weighted by Gasteiger charge is -2.20. The van der Waals surface area contributed by atoms with E-state index in [1.807, 2.05) is 0 Å². The number of carbonyl (C=O) groups excluding carboxylic acids is 2. The van der Waals surface area contributed by atoms with Gasteiger partial charge in [-0.05, 0) is 36.4 Å². The molecular weight excluding hydrogens is 373 g/mol. The van der Waals surface area contributed by atoms with Gasteiger partial charge in [-0.1, -0.05) is 18.2 Å². The number of rotatable bonds is 5. The van der Waals surface area contributed by atoms with Crippen LogP contribution in [-0.4, -0.2) is 40.5 Å². The van der Waals surface area contributed by atoms with Gasteiger partial charge in [0.1, 0.15) is 11.5 Å². The number of nitrogens with one attached hydrogen (secondary N) is 1. The molecule has 2 aromatic rings. The lowest BCUT2D eigenvalue weighted by molar-refractivity contribution is -0.129. The fraction of sp³-hybridized carbons (Fsp3) is 0.211. The zero-order valence-electron chi connectivity index (χ0n) is 14.3. The fourth-order valence-corrected chi connectivity index (χ4v) is 2.93. The zero-order valence-corrected chi connectivity index (χ0v) is 15.1. The maximum Gasteiger partial charge on any atom is 0.264 e. The summed E-state index contributed by atoms with van der Waals surface area (Å²) >= 11 is 6.19. The molecule has 140 valence electrons. The molecule has 0 spiro atoms. The standard InChI is InChI=1S/C19H17ClFN3O3/c1-2-17(25)24-9-7-19(21,12-24)18(26)23-13-5-6-16(15(20)10-13)27-14-4-3-8-22-11-14/h2-6,8,10-11H,1,7,9,12H2,(H,23,26). The van der Waals surface area contributed by atoms with E-state index in [4.69, 9.17) is 16.3 Å². The number of hydrogen-bond donors (Lipinski definition) is 1. The molecular formula is C19H17ClFN3O3. The number of likely N-dealkylation sites (tertiary alicyclic amines) is 1. The Labute approximate surface area is 160 Å². The van der Waals surface area contributed by atoms with Crippen LogP contribution in [0.25, 0.3) is 0 Å². The first kappa shape index (κ1) is 18.8. The molecule has 6 nitrogen and oxygen atoms in total. The van der Waals surface area contributed by atoms with Crippen molar-refractivity contribution >= 4 is 29.1 Å². The quantitative estimate of drug-likeness (QED) is 0.793. The number of aromatic nitrogens is 1. The molecule has 0 saturated carbocycles. The Morgan fingerprint density at radius 2 is 2.22 bits per heavy atom. The van der Waals surface area contributed by atoms with Crippen LogP contribution < -0.4 is 10.1 Å². The van der Waals surface area contributed by atoms with Crippen LogP contribution in [0.4, 0.5) is 10.1 Å². The highest BCUT2D eigenvalue weighted by atomic mass is 35.5. The molecule has 1 N–H and O–H groups in total. The summed E-state index contributed by atoms with van der Waals surface area (Å²) in [4.78, 5) is 29.1. The van der Waals surface area contributed by atoms with E-state index in [2.05, 4.69) is 16.9 Å². The molecule has 1 saturated heterocycles. The van der Waals surface area contributed by atoms with E-state index in [0.717, 1.165) is 6.08 Å². The van der Waals surface area contributed by atoms with Crippen molar-refractivity contribution in [3.05, 3.63) is 60.4 Å². The number of pyridine rings is 1. The van der Waals surface area contributed by atoms with Crippen LogP contribution in [0.2, 0.25) is 5.02 Å². The van der Waals surface area contributed by atoms with Crippen LogP contribution in [-0.2, 0) is 9.59 Å². The molecule has 2 heterocycles. The van der Waals surface area contributed by atoms with Crippen molar-refractivity contribution in [3.8, 4) is 11.5 Å². The van der Waals surface area contributed by atoms with E-state index in [-0.39, 0.29) is 24.5 Å². The van der Waals surface area contributed by atoms with Gasteiger partial charge in [-0.15, -0.1) is 0 Å². The molecule has 2 amide bonds. The number of alkyl halides is 1. The summed E-state index contributed by atoms with van der Waals surface area (Å²) in [6.45, 7) is 3.22. The van der Waals surface area contributed by atoms with Crippen molar-refractivity contribution in [2.45, 2.75) is 12.1 Å². The van der Waals surface area contributed by atoms with Crippen LogP contribution in [0.3, 0.4) is 0 Å². The summed E-state index contributed by atoms with van der Waals surface area (Å²) in [7, 11) is 0. The van der Waals surface area contributed by atoms with E-state index in [1.54, 1.807) is 30.5 Å². The molecule has 8 heteroatoms. The predicted molar refractivity (Wildman–Crippen MR) is 99.6 cm³/mol. The fourth-order valence-electron chi connectivity index (χ4n) is 2.71. The van der Waals surface area contributed by atoms with E-state index >= 15 is 0 Å². The second-order valence-electron chi connectivity index (χ2n) is 6.07. The SMILES string of the molecule is C=CC(=O)N1CCC(F)(C(=O)Nc2ccc(Oc3cccnc3)c(Cl)c2)C1. The summed E-state index contributed by atoms with van der Waals surface area (Å²) < 4.78 is 20.5. The first-order valence-electron chi connectivity index (χ1n) is 8.20. The van der Waals surface area contributed by atoms with Crippen molar-refractivity contribution in [1.82, 2.24) is 9.88 Å². The molecule has 1 atom stereocenters. The molecule has 1 unspecified atom stereocenters. The van der Waals surface area contributed by atoms with Crippen LogP contribution in [0, 0.1) is 0 Å². The van der Waals surface area contributed by atoms with Gasteiger partial charge < -0.3 is 15.0 Å². The Kier molecular flexibility index (Phi) is 5.41. The molecule has 1 fully saturated rings. The van der Waals surface area contributed by atoms with Gasteiger partial charge >= 0.3 is 0 Å². The molecule has 1 aromatic carbocycles. The van der Waals surface area contributed by atoms with Gasteiger partial charge in [0.25, 0.3) is 5.91 Å². The molecule has 1 aliphatic heterocycles. The predicted octanol–water partition coefficient (Wildman–Crippen LogP) is 3.59. The van der Waals surface area contributed by atoms with Crippen LogP contribution in [0.5, 0.6) is 11.5 Å². The lowest BCUT2D eigenvalue weighted by Crippen LogP contribution is -2.42. The molecule has 0 aliphatic carbocycles. The van der Waals surface area contributed by atoms with Gasteiger partial charge in [0.05, 0.1) is 17.8 Å². The van der Waals surface area contributed by atoms with Gasteiger partial charge in [0, 0.05) is 24.8 Å². The Bertz CT molecular complexity index is 878. The Balaban J connectivity index is 1.67. The van der Waals surface area contributed by atoms with E-state index < -0.39 is 17.5 Å². The Morgan fingerprint density at radius 1 is 1.41 bits per heavy atom. The van der Waals surface area contributed by atoms with Gasteiger partial charge in [-0.3, -0.25) is 14.6 Å². The Morgan fingerprint density at radius 3 is 2.89 bits per heavy atom. The van der Waals surface area contributed by atoms with Crippen molar-refractivity contribution in [2.24, 2.45) is 0 Å². The third-order valence-corrected chi connectivity index (χ3v) is 4.46. The minimum atomic E-state index is -2.16. The maximum absolute atomic E-state index is 14.9. The van der Waals surface area contributed by atoms with Crippen molar-refractivity contribution in [3.63, 3.8) is 0 Å². The van der Waals surface area contributed by atoms with Crippen LogP contribution in [0.15, 0.2) is 55.4 Å². The average Bonchev–Trinajstić information content (AvgIpc) is 3.08. The van der Waals surface area contributed by atoms with Gasteiger partial charge in [-0.2, -0.15) is 0 Å². The highest BCUT2D eigenvalue weighted by molar-refractivity contribution is 6.32. The number of carbonyl (C=O) groups is 2. The number of anilines is 1. The molecule has 1 aliphatic rings. The first-order chi connectivity index (χ1) is 12.9. The van der Waals surface area contributed by atoms with Crippen molar-refractivity contribution < 1.29 is 18.7 Å². The summed E-state index contributed by atoms with van der Waals surface area (Å²) in [5.41, 5.74) is -1.83. The maximum atomic E-state index is 14.9. The lowest BCUT2D eigenvalue weighted by atomic mass is 10.0. The third kappa shape index (κ3) is 4.25. The van der Waals surface area contributed by atoms with Crippen LogP contribution >= 0.6 is 11.6 Å². The minimum absolute atomic E-state index is 0.0751. The smallest absolute Gasteiger partial charge is 0.264 e. The largest absolute Gasteiger partial charge is 0.454 e. The second kappa shape index (κ2) is 7.75. The zero-order chi connectivity index (χ0) is 19.4. The topological polar surface area (TPSA) is 71.5 Å².